The van der Waals surface area contributed by atoms with E-state index < -0.39 is 16.3 Å². The van der Waals surface area contributed by atoms with Crippen LogP contribution in [0.5, 0.6) is 0 Å². The van der Waals surface area contributed by atoms with Crippen molar-refractivity contribution in [3.05, 3.63) is 75.1 Å². The van der Waals surface area contributed by atoms with E-state index in [1.165, 1.54) is 17.7 Å². The highest BCUT2D eigenvalue weighted by Crippen LogP contribution is 2.37. The first-order valence-electron chi connectivity index (χ1n) is 6.79. The van der Waals surface area contributed by atoms with E-state index in [2.05, 4.69) is 0 Å². The fraction of sp³-hybridized carbons (Fsp3) is 0.250. The van der Waals surface area contributed by atoms with Crippen LogP contribution in [0.1, 0.15) is 23.1 Å². The molecular formula is C16H15FN2O2. The predicted molar refractivity (Wildman–Crippen MR) is 77.4 cm³/mol. The lowest BCUT2D eigenvalue weighted by molar-refractivity contribution is -0.385. The van der Waals surface area contributed by atoms with Crippen molar-refractivity contribution in [3.63, 3.8) is 0 Å². The van der Waals surface area contributed by atoms with Crippen LogP contribution in [-0.4, -0.2) is 4.92 Å². The molecule has 0 saturated heterocycles. The van der Waals surface area contributed by atoms with Crippen molar-refractivity contribution in [2.75, 3.05) is 0 Å². The summed E-state index contributed by atoms with van der Waals surface area (Å²) in [5, 5.41) is 10.8. The topological polar surface area (TPSA) is 69.2 Å². The Hall–Kier alpha value is -2.27. The van der Waals surface area contributed by atoms with Gasteiger partial charge in [0.05, 0.1) is 11.0 Å². The molecular weight excluding hydrogens is 271 g/mol. The number of non-ortho nitro benzene ring substituents is 1. The minimum absolute atomic E-state index is 0.236. The van der Waals surface area contributed by atoms with Crippen molar-refractivity contribution in [3.8, 4) is 0 Å². The van der Waals surface area contributed by atoms with Crippen LogP contribution in [-0.2, 0) is 18.4 Å². The first-order chi connectivity index (χ1) is 9.98. The quantitative estimate of drug-likeness (QED) is 0.696. The number of nitrogens with two attached hydrogens (primary N) is 1. The van der Waals surface area contributed by atoms with Crippen LogP contribution in [0.2, 0.25) is 0 Å². The van der Waals surface area contributed by atoms with E-state index in [-0.39, 0.29) is 5.69 Å². The lowest BCUT2D eigenvalue weighted by Gasteiger charge is -2.25. The highest BCUT2D eigenvalue weighted by molar-refractivity contribution is 5.42. The summed E-state index contributed by atoms with van der Waals surface area (Å²) in [6.45, 7) is 0. The van der Waals surface area contributed by atoms with Gasteiger partial charge in [-0.15, -0.1) is 0 Å². The standard InChI is InChI=1S/C16H15FN2O2/c17-13-7-11(8-14(9-13)19(20)21)10-16(18)6-5-12-3-1-2-4-15(12)16/h1-4,7-9H,5-6,10,18H2. The number of hydrogen-bond donors (Lipinski definition) is 1. The molecule has 0 fully saturated rings. The molecule has 2 aromatic rings. The van der Waals surface area contributed by atoms with E-state index in [1.54, 1.807) is 0 Å². The first kappa shape index (κ1) is 13.7. The van der Waals surface area contributed by atoms with Crippen molar-refractivity contribution >= 4 is 5.69 Å². The maximum absolute atomic E-state index is 13.5. The minimum Gasteiger partial charge on any atom is -0.321 e. The number of rotatable bonds is 3. The molecule has 0 radical (unpaired) electrons. The van der Waals surface area contributed by atoms with Crippen LogP contribution >= 0.6 is 0 Å². The molecule has 1 atom stereocenters. The van der Waals surface area contributed by atoms with Gasteiger partial charge >= 0.3 is 0 Å². The minimum atomic E-state index is -0.603. The number of nitro groups is 1. The highest BCUT2D eigenvalue weighted by atomic mass is 19.1. The normalized spacial score (nSPS) is 20.3. The Balaban J connectivity index is 1.96. The van der Waals surface area contributed by atoms with Crippen LogP contribution in [0.4, 0.5) is 10.1 Å². The number of nitro benzene ring substituents is 1. The molecule has 4 nitrogen and oxygen atoms in total. The Kier molecular flexibility index (Phi) is 3.22. The van der Waals surface area contributed by atoms with Gasteiger partial charge in [0.2, 0.25) is 0 Å². The SMILES string of the molecule is NC1(Cc2cc(F)cc([N+](=O)[O-])c2)CCc2ccccc21. The Labute approximate surface area is 121 Å². The number of halogens is 1. The number of benzene rings is 2. The largest absolute Gasteiger partial charge is 0.321 e. The molecule has 0 spiro atoms. The number of fused-ring (bicyclic) bond motifs is 1. The van der Waals surface area contributed by atoms with Gasteiger partial charge in [0.15, 0.2) is 0 Å². The summed E-state index contributed by atoms with van der Waals surface area (Å²) in [7, 11) is 0. The molecule has 5 heteroatoms. The Morgan fingerprint density at radius 2 is 2.05 bits per heavy atom. The maximum atomic E-state index is 13.5. The van der Waals surface area contributed by atoms with Crippen LogP contribution in [0, 0.1) is 15.9 Å². The molecule has 2 aromatic carbocycles. The van der Waals surface area contributed by atoms with Gasteiger partial charge in [-0.1, -0.05) is 24.3 Å². The van der Waals surface area contributed by atoms with Gasteiger partial charge < -0.3 is 5.73 Å². The van der Waals surface area contributed by atoms with E-state index in [1.807, 2.05) is 24.3 Å². The summed E-state index contributed by atoms with van der Waals surface area (Å²) < 4.78 is 13.5. The molecule has 108 valence electrons. The molecule has 0 aliphatic heterocycles. The molecule has 0 saturated carbocycles. The van der Waals surface area contributed by atoms with Crippen LogP contribution < -0.4 is 5.73 Å². The van der Waals surface area contributed by atoms with Crippen molar-refractivity contribution in [1.29, 1.82) is 0 Å². The summed E-state index contributed by atoms with van der Waals surface area (Å²) in [6, 6.07) is 11.6. The second-order valence-electron chi connectivity index (χ2n) is 5.56. The van der Waals surface area contributed by atoms with Gasteiger partial charge in [-0.05, 0) is 42.0 Å². The van der Waals surface area contributed by atoms with Crippen molar-refractivity contribution in [1.82, 2.24) is 0 Å². The van der Waals surface area contributed by atoms with Gasteiger partial charge in [-0.2, -0.15) is 0 Å². The number of hydrogen-bond acceptors (Lipinski definition) is 3. The molecule has 0 amide bonds. The molecule has 0 heterocycles. The zero-order chi connectivity index (χ0) is 15.0. The summed E-state index contributed by atoms with van der Waals surface area (Å²) in [5.74, 6) is -0.603. The van der Waals surface area contributed by atoms with Gasteiger partial charge in [0.1, 0.15) is 5.82 Å². The van der Waals surface area contributed by atoms with Crippen LogP contribution in [0.15, 0.2) is 42.5 Å². The molecule has 0 bridgehead atoms. The smallest absolute Gasteiger partial charge is 0.272 e. The summed E-state index contributed by atoms with van der Waals surface area (Å²) >= 11 is 0. The Bertz CT molecular complexity index is 717. The lowest BCUT2D eigenvalue weighted by Crippen LogP contribution is -2.36. The van der Waals surface area contributed by atoms with Gasteiger partial charge in [-0.3, -0.25) is 10.1 Å². The molecule has 21 heavy (non-hydrogen) atoms. The average Bonchev–Trinajstić information content (AvgIpc) is 2.76. The predicted octanol–water partition coefficient (Wildman–Crippen LogP) is 3.08. The van der Waals surface area contributed by atoms with Gasteiger partial charge in [-0.25, -0.2) is 4.39 Å². The Morgan fingerprint density at radius 3 is 2.81 bits per heavy atom. The summed E-state index contributed by atoms with van der Waals surface area (Å²) in [6.07, 6.45) is 2.03. The van der Waals surface area contributed by atoms with E-state index in [0.717, 1.165) is 24.5 Å². The zero-order valence-corrected chi connectivity index (χ0v) is 11.4. The van der Waals surface area contributed by atoms with E-state index in [0.29, 0.717) is 12.0 Å². The van der Waals surface area contributed by atoms with E-state index >= 15 is 0 Å². The molecule has 3 rings (SSSR count). The van der Waals surface area contributed by atoms with Crippen molar-refractivity contribution in [2.24, 2.45) is 5.73 Å². The first-order valence-corrected chi connectivity index (χ1v) is 6.79. The van der Waals surface area contributed by atoms with Gasteiger partial charge in [0.25, 0.3) is 5.69 Å². The second kappa shape index (κ2) is 4.93. The van der Waals surface area contributed by atoms with Crippen molar-refractivity contribution in [2.45, 2.75) is 24.8 Å². The summed E-state index contributed by atoms with van der Waals surface area (Å²) in [5.41, 5.74) is 8.47. The monoisotopic (exact) mass is 286 g/mol. The number of nitrogens with zero attached hydrogens (tertiary/aromatic N) is 1. The average molecular weight is 286 g/mol. The van der Waals surface area contributed by atoms with Crippen LogP contribution in [0.3, 0.4) is 0 Å². The highest BCUT2D eigenvalue weighted by Gasteiger charge is 2.35. The number of aryl methyl sites for hydroxylation is 1. The van der Waals surface area contributed by atoms with E-state index in [4.69, 9.17) is 5.73 Å². The fourth-order valence-electron chi connectivity index (χ4n) is 3.11. The van der Waals surface area contributed by atoms with Crippen molar-refractivity contribution < 1.29 is 9.31 Å². The molecule has 0 aromatic heterocycles. The fourth-order valence-corrected chi connectivity index (χ4v) is 3.11. The third kappa shape index (κ3) is 2.52. The third-order valence-corrected chi connectivity index (χ3v) is 4.07. The zero-order valence-electron chi connectivity index (χ0n) is 11.4. The lowest BCUT2D eigenvalue weighted by atomic mass is 9.86. The second-order valence-corrected chi connectivity index (χ2v) is 5.56. The summed E-state index contributed by atoms with van der Waals surface area (Å²) in [4.78, 5) is 10.2. The molecule has 2 N–H and O–H groups in total. The Morgan fingerprint density at radius 1 is 1.29 bits per heavy atom. The third-order valence-electron chi connectivity index (χ3n) is 4.07. The maximum Gasteiger partial charge on any atom is 0.272 e. The van der Waals surface area contributed by atoms with E-state index in [9.17, 15) is 14.5 Å². The van der Waals surface area contributed by atoms with Crippen LogP contribution in [0.25, 0.3) is 0 Å². The molecule has 1 unspecified atom stereocenters. The molecule has 1 aliphatic carbocycles. The van der Waals surface area contributed by atoms with Gasteiger partial charge in [0, 0.05) is 11.6 Å². The molecule has 1 aliphatic rings.